The summed E-state index contributed by atoms with van der Waals surface area (Å²) in [6.45, 7) is 4.20. The van der Waals surface area contributed by atoms with Gasteiger partial charge in [0.05, 0.1) is 24.1 Å². The summed E-state index contributed by atoms with van der Waals surface area (Å²) in [7, 11) is 0. The Kier molecular flexibility index (Phi) is 5.68. The first-order valence-corrected chi connectivity index (χ1v) is 11.3. The van der Waals surface area contributed by atoms with Crippen LogP contribution in [0.2, 0.25) is 0 Å². The lowest BCUT2D eigenvalue weighted by atomic mass is 10.1. The maximum atomic E-state index is 13.1. The number of nitrogens with zero attached hydrogens (tertiary/aromatic N) is 5. The summed E-state index contributed by atoms with van der Waals surface area (Å²) in [4.78, 5) is 39.9. The third kappa shape index (κ3) is 4.33. The molecule has 0 spiro atoms. The summed E-state index contributed by atoms with van der Waals surface area (Å²) in [6.07, 6.45) is 3.88. The third-order valence-electron chi connectivity index (χ3n) is 6.09. The van der Waals surface area contributed by atoms with Crippen molar-refractivity contribution in [1.29, 1.82) is 0 Å². The minimum Gasteiger partial charge on any atom is -0.323 e. The summed E-state index contributed by atoms with van der Waals surface area (Å²) in [5, 5.41) is 13.4. The standard InChI is InChI=1S/C23H25FN8O2/c1-12(2)17-9-20(31-30-17)28-21-15-4-3-5-16(15)27-23(29-21)32-11-14(33)8-18(32)22(34)26-13-6-7-19(24)25-10-13/h6-7,9-10,12,18H,3-5,8,11H2,1-2H3,(H,26,34)(H2,27,28,29,30,31). The predicted octanol–water partition coefficient (Wildman–Crippen LogP) is 2.88. The van der Waals surface area contributed by atoms with Crippen molar-refractivity contribution in [2.24, 2.45) is 0 Å². The van der Waals surface area contributed by atoms with Crippen molar-refractivity contribution in [3.8, 4) is 0 Å². The van der Waals surface area contributed by atoms with Gasteiger partial charge >= 0.3 is 0 Å². The molecule has 5 rings (SSSR count). The van der Waals surface area contributed by atoms with Crippen LogP contribution in [0.5, 0.6) is 0 Å². The first kappa shape index (κ1) is 21.9. The molecule has 0 bridgehead atoms. The van der Waals surface area contributed by atoms with Gasteiger partial charge in [-0.3, -0.25) is 14.7 Å². The molecule has 2 aliphatic rings. The first-order chi connectivity index (χ1) is 16.4. The Bertz CT molecular complexity index is 1240. The molecule has 0 aromatic carbocycles. The fourth-order valence-corrected chi connectivity index (χ4v) is 4.28. The Morgan fingerprint density at radius 1 is 1.26 bits per heavy atom. The lowest BCUT2D eigenvalue weighted by Gasteiger charge is -2.24. The van der Waals surface area contributed by atoms with E-state index < -0.39 is 17.9 Å². The summed E-state index contributed by atoms with van der Waals surface area (Å²) < 4.78 is 13.1. The maximum absolute atomic E-state index is 13.1. The first-order valence-electron chi connectivity index (χ1n) is 11.3. The third-order valence-corrected chi connectivity index (χ3v) is 6.09. The SMILES string of the molecule is CC(C)c1cc(Nc2nc(N3CC(=O)CC3C(=O)Nc3ccc(F)nc3)nc3c2CCC3)n[nH]1. The molecule has 3 aromatic heterocycles. The van der Waals surface area contributed by atoms with Crippen molar-refractivity contribution in [2.75, 3.05) is 22.1 Å². The minimum atomic E-state index is -0.775. The van der Waals surface area contributed by atoms with Crippen LogP contribution in [0.15, 0.2) is 24.4 Å². The van der Waals surface area contributed by atoms with Crippen molar-refractivity contribution in [1.82, 2.24) is 25.1 Å². The molecule has 0 saturated carbocycles. The highest BCUT2D eigenvalue weighted by Crippen LogP contribution is 2.32. The van der Waals surface area contributed by atoms with Crippen LogP contribution in [0.25, 0.3) is 0 Å². The number of hydrogen-bond acceptors (Lipinski definition) is 8. The Hall–Kier alpha value is -3.89. The molecule has 1 amide bonds. The molecule has 1 aliphatic carbocycles. The number of Topliss-reactive ketones (excluding diaryl/α,β-unsaturated/α-hetero) is 1. The van der Waals surface area contributed by atoms with Crippen molar-refractivity contribution in [3.05, 3.63) is 47.3 Å². The number of fused-ring (bicyclic) bond motifs is 1. The summed E-state index contributed by atoms with van der Waals surface area (Å²) in [6, 6.07) is 3.75. The molecule has 10 nitrogen and oxygen atoms in total. The normalized spacial score (nSPS) is 17.4. The van der Waals surface area contributed by atoms with Crippen molar-refractivity contribution in [2.45, 2.75) is 51.5 Å². The van der Waals surface area contributed by atoms with Gasteiger partial charge in [0.2, 0.25) is 17.8 Å². The Balaban J connectivity index is 1.43. The zero-order valence-electron chi connectivity index (χ0n) is 18.9. The molecule has 11 heteroatoms. The number of hydrogen-bond donors (Lipinski definition) is 3. The fraction of sp³-hybridized carbons (Fsp3) is 0.391. The van der Waals surface area contributed by atoms with Gasteiger partial charge in [0.15, 0.2) is 11.6 Å². The van der Waals surface area contributed by atoms with E-state index in [9.17, 15) is 14.0 Å². The highest BCUT2D eigenvalue weighted by molar-refractivity contribution is 6.03. The number of aryl methyl sites for hydroxylation is 1. The average Bonchev–Trinajstić information content (AvgIpc) is 3.54. The number of aromatic nitrogens is 5. The number of anilines is 4. The fourth-order valence-electron chi connectivity index (χ4n) is 4.28. The van der Waals surface area contributed by atoms with Crippen molar-refractivity contribution in [3.63, 3.8) is 0 Å². The molecule has 0 radical (unpaired) electrons. The average molecular weight is 465 g/mol. The Morgan fingerprint density at radius 3 is 2.85 bits per heavy atom. The molecule has 1 fully saturated rings. The van der Waals surface area contributed by atoms with Crippen LogP contribution in [0.4, 0.5) is 27.7 Å². The van der Waals surface area contributed by atoms with Gasteiger partial charge in [0.1, 0.15) is 11.9 Å². The van der Waals surface area contributed by atoms with E-state index in [4.69, 9.17) is 9.97 Å². The second kappa shape index (κ2) is 8.81. The summed E-state index contributed by atoms with van der Waals surface area (Å²) in [5.41, 5.74) is 3.29. The molecular formula is C23H25FN8O2. The smallest absolute Gasteiger partial charge is 0.247 e. The van der Waals surface area contributed by atoms with E-state index in [2.05, 4.69) is 39.7 Å². The van der Waals surface area contributed by atoms with Crippen molar-refractivity contribution < 1.29 is 14.0 Å². The minimum absolute atomic E-state index is 0.0396. The lowest BCUT2D eigenvalue weighted by molar-refractivity contribution is -0.120. The highest BCUT2D eigenvalue weighted by Gasteiger charge is 2.38. The largest absolute Gasteiger partial charge is 0.323 e. The molecule has 1 aliphatic heterocycles. The van der Waals surface area contributed by atoms with E-state index in [0.29, 0.717) is 29.2 Å². The molecule has 1 atom stereocenters. The number of amides is 1. The second-order valence-corrected chi connectivity index (χ2v) is 8.88. The van der Waals surface area contributed by atoms with Gasteiger partial charge in [-0.15, -0.1) is 0 Å². The number of H-pyrrole nitrogens is 1. The number of nitrogens with one attached hydrogen (secondary N) is 3. The maximum Gasteiger partial charge on any atom is 0.247 e. The number of carbonyl (C=O) groups excluding carboxylic acids is 2. The van der Waals surface area contributed by atoms with Gasteiger partial charge in [-0.05, 0) is 37.3 Å². The molecule has 3 N–H and O–H groups in total. The highest BCUT2D eigenvalue weighted by atomic mass is 19.1. The molecule has 3 aromatic rings. The molecule has 1 saturated heterocycles. The van der Waals surface area contributed by atoms with Crippen LogP contribution < -0.4 is 15.5 Å². The number of carbonyl (C=O) groups is 2. The monoisotopic (exact) mass is 464 g/mol. The number of pyridine rings is 1. The quantitative estimate of drug-likeness (QED) is 0.475. The number of aromatic amines is 1. The number of halogens is 1. The molecule has 34 heavy (non-hydrogen) atoms. The van der Waals surface area contributed by atoms with Crippen LogP contribution >= 0.6 is 0 Å². The summed E-state index contributed by atoms with van der Waals surface area (Å²) >= 11 is 0. The zero-order valence-corrected chi connectivity index (χ0v) is 18.9. The van der Waals surface area contributed by atoms with Crippen LogP contribution in [-0.2, 0) is 22.4 Å². The van der Waals surface area contributed by atoms with Crippen LogP contribution in [0.1, 0.15) is 49.6 Å². The Morgan fingerprint density at radius 2 is 2.12 bits per heavy atom. The van der Waals surface area contributed by atoms with Crippen molar-refractivity contribution >= 4 is 35.0 Å². The van der Waals surface area contributed by atoms with Gasteiger partial charge in [-0.1, -0.05) is 13.8 Å². The van der Waals surface area contributed by atoms with Gasteiger partial charge < -0.3 is 15.5 Å². The van der Waals surface area contributed by atoms with E-state index in [1.807, 2.05) is 6.07 Å². The van der Waals surface area contributed by atoms with Gasteiger partial charge in [0, 0.05) is 23.7 Å². The van der Waals surface area contributed by atoms with Gasteiger partial charge in [0.25, 0.3) is 0 Å². The molecular weight excluding hydrogens is 439 g/mol. The topological polar surface area (TPSA) is 129 Å². The van der Waals surface area contributed by atoms with E-state index in [0.717, 1.165) is 42.3 Å². The summed E-state index contributed by atoms with van der Waals surface area (Å²) in [5.74, 6) is 0.807. The van der Waals surface area contributed by atoms with Crippen LogP contribution in [0.3, 0.4) is 0 Å². The van der Waals surface area contributed by atoms with E-state index >= 15 is 0 Å². The Labute approximate surface area is 195 Å². The molecule has 176 valence electrons. The molecule has 1 unspecified atom stereocenters. The molecule has 4 heterocycles. The van der Waals surface area contributed by atoms with E-state index in [-0.39, 0.29) is 18.7 Å². The second-order valence-electron chi connectivity index (χ2n) is 8.88. The number of rotatable bonds is 6. The van der Waals surface area contributed by atoms with Crippen LogP contribution in [0, 0.1) is 5.95 Å². The van der Waals surface area contributed by atoms with E-state index in [1.54, 1.807) is 4.90 Å². The van der Waals surface area contributed by atoms with Crippen LogP contribution in [-0.4, -0.2) is 49.4 Å². The van der Waals surface area contributed by atoms with Gasteiger partial charge in [-0.25, -0.2) is 9.97 Å². The zero-order chi connectivity index (χ0) is 23.8. The number of ketones is 1. The van der Waals surface area contributed by atoms with E-state index in [1.165, 1.54) is 12.3 Å². The predicted molar refractivity (Wildman–Crippen MR) is 124 cm³/mol. The van der Waals surface area contributed by atoms with Gasteiger partial charge in [-0.2, -0.15) is 14.5 Å². The lowest BCUT2D eigenvalue weighted by Crippen LogP contribution is -2.40.